The quantitative estimate of drug-likeness (QED) is 0.510. The average Bonchev–Trinajstić information content (AvgIpc) is 2.91. The summed E-state index contributed by atoms with van der Waals surface area (Å²) >= 11 is 0. The second kappa shape index (κ2) is 10.9. The van der Waals surface area contributed by atoms with E-state index in [-0.39, 0.29) is 36.5 Å². The number of methoxy groups -OCH3 is 1. The van der Waals surface area contributed by atoms with Crippen molar-refractivity contribution in [3.8, 4) is 0 Å². The Bertz CT molecular complexity index is 302. The van der Waals surface area contributed by atoms with Crippen LogP contribution in [-0.4, -0.2) is 44.3 Å². The van der Waals surface area contributed by atoms with Gasteiger partial charge in [-0.15, -0.1) is 12.4 Å². The number of ether oxygens (including phenoxy) is 2. The van der Waals surface area contributed by atoms with Crippen molar-refractivity contribution in [1.82, 2.24) is 5.32 Å². The highest BCUT2D eigenvalue weighted by molar-refractivity contribution is 5.85. The highest BCUT2D eigenvalue weighted by atomic mass is 35.5. The van der Waals surface area contributed by atoms with Gasteiger partial charge < -0.3 is 20.5 Å². The molecule has 0 aromatic carbocycles. The molecule has 1 saturated heterocycles. The highest BCUT2D eigenvalue weighted by Gasteiger charge is 2.29. The highest BCUT2D eigenvalue weighted by Crippen LogP contribution is 2.18. The normalized spacial score (nSPS) is 21.1. The molecule has 1 fully saturated rings. The van der Waals surface area contributed by atoms with Crippen LogP contribution in [-0.2, 0) is 19.1 Å². The molecule has 0 saturated carbocycles. The first-order valence-electron chi connectivity index (χ1n) is 6.87. The van der Waals surface area contributed by atoms with E-state index < -0.39 is 0 Å². The monoisotopic (exact) mass is 308 g/mol. The summed E-state index contributed by atoms with van der Waals surface area (Å²) in [5, 5.41) is 2.85. The Kier molecular flexibility index (Phi) is 10.4. The lowest BCUT2D eigenvalue weighted by atomic mass is 10.1. The van der Waals surface area contributed by atoms with Crippen molar-refractivity contribution in [3.05, 3.63) is 0 Å². The van der Waals surface area contributed by atoms with Crippen LogP contribution in [0.1, 0.15) is 38.5 Å². The summed E-state index contributed by atoms with van der Waals surface area (Å²) in [6, 6.07) is 0. The molecule has 0 aromatic rings. The maximum atomic E-state index is 11.7. The van der Waals surface area contributed by atoms with Gasteiger partial charge in [0.2, 0.25) is 5.91 Å². The third-order valence-electron chi connectivity index (χ3n) is 3.25. The van der Waals surface area contributed by atoms with Crippen LogP contribution in [0.3, 0.4) is 0 Å². The first kappa shape index (κ1) is 19.1. The summed E-state index contributed by atoms with van der Waals surface area (Å²) in [5.74, 6) is -0.236. The molecule has 0 aromatic heterocycles. The average molecular weight is 309 g/mol. The molecule has 7 heteroatoms. The molecule has 3 N–H and O–H groups in total. The number of esters is 1. The van der Waals surface area contributed by atoms with Crippen molar-refractivity contribution in [1.29, 1.82) is 0 Å². The van der Waals surface area contributed by atoms with Crippen molar-refractivity contribution in [2.24, 2.45) is 5.73 Å². The van der Waals surface area contributed by atoms with Crippen LogP contribution in [0.4, 0.5) is 0 Å². The smallest absolute Gasteiger partial charge is 0.305 e. The zero-order chi connectivity index (χ0) is 14.1. The van der Waals surface area contributed by atoms with Gasteiger partial charge in [-0.1, -0.05) is 6.42 Å². The Balaban J connectivity index is 0.00000361. The Morgan fingerprint density at radius 2 is 2.05 bits per heavy atom. The summed E-state index contributed by atoms with van der Waals surface area (Å²) in [6.45, 7) is 1.09. The first-order chi connectivity index (χ1) is 9.17. The summed E-state index contributed by atoms with van der Waals surface area (Å²) in [7, 11) is 1.39. The molecule has 1 amide bonds. The van der Waals surface area contributed by atoms with E-state index >= 15 is 0 Å². The van der Waals surface area contributed by atoms with E-state index in [0.29, 0.717) is 19.5 Å². The van der Waals surface area contributed by atoms with Crippen molar-refractivity contribution in [2.75, 3.05) is 20.2 Å². The van der Waals surface area contributed by atoms with Crippen LogP contribution in [0, 0.1) is 0 Å². The lowest BCUT2D eigenvalue weighted by molar-refractivity contribution is -0.140. The molecular weight excluding hydrogens is 284 g/mol. The lowest BCUT2D eigenvalue weighted by Crippen LogP contribution is -2.36. The second-order valence-corrected chi connectivity index (χ2v) is 4.74. The molecule has 0 bridgehead atoms. The molecule has 6 nitrogen and oxygen atoms in total. The number of nitrogens with two attached hydrogens (primary N) is 1. The van der Waals surface area contributed by atoms with Crippen LogP contribution in [0.15, 0.2) is 0 Å². The standard InChI is InChI=1S/C13H24N2O4.ClH/c1-18-12(16)5-3-2-4-8-15-13(17)11-7-6-10(9-14)19-11;/h10-11H,2-9,14H2,1H3,(H,15,17);1H/t10-,11+;/m1./s1. The number of amides is 1. The number of rotatable bonds is 8. The number of carbonyl (C=O) groups is 2. The number of unbranched alkanes of at least 4 members (excludes halogenated alkanes) is 2. The largest absolute Gasteiger partial charge is 0.469 e. The molecule has 118 valence electrons. The van der Waals surface area contributed by atoms with E-state index in [0.717, 1.165) is 32.1 Å². The number of hydrogen-bond donors (Lipinski definition) is 2. The van der Waals surface area contributed by atoms with Crippen LogP contribution in [0.2, 0.25) is 0 Å². The van der Waals surface area contributed by atoms with Crippen molar-refractivity contribution >= 4 is 24.3 Å². The minimum atomic E-state index is -0.344. The maximum Gasteiger partial charge on any atom is 0.305 e. The molecule has 0 aliphatic carbocycles. The lowest BCUT2D eigenvalue weighted by Gasteiger charge is -2.12. The Hall–Kier alpha value is -0.850. The van der Waals surface area contributed by atoms with Crippen LogP contribution < -0.4 is 11.1 Å². The summed E-state index contributed by atoms with van der Waals surface area (Å²) < 4.78 is 10.0. The van der Waals surface area contributed by atoms with E-state index in [1.807, 2.05) is 0 Å². The van der Waals surface area contributed by atoms with E-state index in [1.165, 1.54) is 7.11 Å². The Morgan fingerprint density at radius 1 is 1.30 bits per heavy atom. The molecule has 0 radical (unpaired) electrons. The molecule has 1 aliphatic heterocycles. The summed E-state index contributed by atoms with van der Waals surface area (Å²) in [4.78, 5) is 22.6. The van der Waals surface area contributed by atoms with Gasteiger partial charge >= 0.3 is 5.97 Å². The van der Waals surface area contributed by atoms with Crippen LogP contribution in [0.5, 0.6) is 0 Å². The van der Waals surface area contributed by atoms with Gasteiger partial charge in [0.25, 0.3) is 0 Å². The predicted octanol–water partition coefficient (Wildman–Crippen LogP) is 0.764. The third kappa shape index (κ3) is 7.07. The molecule has 0 unspecified atom stereocenters. The fourth-order valence-electron chi connectivity index (χ4n) is 2.07. The zero-order valence-corrected chi connectivity index (χ0v) is 12.7. The van der Waals surface area contributed by atoms with Gasteiger partial charge in [0.1, 0.15) is 6.10 Å². The van der Waals surface area contributed by atoms with Crippen molar-refractivity contribution in [2.45, 2.75) is 50.7 Å². The first-order valence-corrected chi connectivity index (χ1v) is 6.87. The van der Waals surface area contributed by atoms with E-state index in [1.54, 1.807) is 0 Å². The van der Waals surface area contributed by atoms with E-state index in [9.17, 15) is 9.59 Å². The number of halogens is 1. The second-order valence-electron chi connectivity index (χ2n) is 4.74. The number of hydrogen-bond acceptors (Lipinski definition) is 5. The minimum Gasteiger partial charge on any atom is -0.469 e. The van der Waals surface area contributed by atoms with Crippen molar-refractivity contribution < 1.29 is 19.1 Å². The minimum absolute atomic E-state index is 0. The molecule has 20 heavy (non-hydrogen) atoms. The van der Waals surface area contributed by atoms with Gasteiger partial charge in [0, 0.05) is 19.5 Å². The topological polar surface area (TPSA) is 90.7 Å². The SMILES string of the molecule is COC(=O)CCCCCNC(=O)[C@@H]1CC[C@H](CN)O1.Cl. The predicted molar refractivity (Wildman–Crippen MR) is 77.7 cm³/mol. The Labute approximate surface area is 126 Å². The molecule has 2 atom stereocenters. The van der Waals surface area contributed by atoms with E-state index in [4.69, 9.17) is 10.5 Å². The fraction of sp³-hybridized carbons (Fsp3) is 0.846. The number of nitrogens with one attached hydrogen (secondary N) is 1. The van der Waals surface area contributed by atoms with Gasteiger partial charge in [0.15, 0.2) is 0 Å². The zero-order valence-electron chi connectivity index (χ0n) is 11.9. The van der Waals surface area contributed by atoms with E-state index in [2.05, 4.69) is 10.1 Å². The number of carbonyl (C=O) groups excluding carboxylic acids is 2. The maximum absolute atomic E-state index is 11.7. The molecule has 1 heterocycles. The van der Waals surface area contributed by atoms with Gasteiger partial charge in [0.05, 0.1) is 13.2 Å². The Morgan fingerprint density at radius 3 is 2.65 bits per heavy atom. The molecular formula is C13H25ClN2O4. The van der Waals surface area contributed by atoms with Gasteiger partial charge in [-0.2, -0.15) is 0 Å². The summed E-state index contributed by atoms with van der Waals surface area (Å²) in [6.07, 6.45) is 4.26. The molecule has 0 spiro atoms. The van der Waals surface area contributed by atoms with Crippen LogP contribution >= 0.6 is 12.4 Å². The van der Waals surface area contributed by atoms with Crippen LogP contribution in [0.25, 0.3) is 0 Å². The van der Waals surface area contributed by atoms with Gasteiger partial charge in [-0.05, 0) is 25.7 Å². The summed E-state index contributed by atoms with van der Waals surface area (Å²) in [5.41, 5.74) is 5.49. The third-order valence-corrected chi connectivity index (χ3v) is 3.25. The van der Waals surface area contributed by atoms with Gasteiger partial charge in [-0.25, -0.2) is 0 Å². The fourth-order valence-corrected chi connectivity index (χ4v) is 2.07. The van der Waals surface area contributed by atoms with Crippen molar-refractivity contribution in [3.63, 3.8) is 0 Å². The van der Waals surface area contributed by atoms with Gasteiger partial charge in [-0.3, -0.25) is 9.59 Å². The molecule has 1 rings (SSSR count). The molecule has 1 aliphatic rings.